The fourth-order valence-corrected chi connectivity index (χ4v) is 4.00. The summed E-state index contributed by atoms with van der Waals surface area (Å²) >= 11 is 2.46. The van der Waals surface area contributed by atoms with Gasteiger partial charge in [0.1, 0.15) is 0 Å². The molecule has 4 heteroatoms. The molecular weight excluding hydrogens is 413 g/mol. The minimum absolute atomic E-state index is 0.275. The standard InChI is InChI=1S/C19H30INOSi/c1-19(2,3)23(4,5)22-14-13-21-15-16(9-8-12-20)17-10-6-7-11-18(17)21/h6-7,10-11,15H,8-9,12-14H2,1-5H3. The number of aromatic nitrogens is 1. The zero-order chi connectivity index (χ0) is 17.1. The average Bonchev–Trinajstić information content (AvgIpc) is 2.82. The van der Waals surface area contributed by atoms with Crippen molar-refractivity contribution in [1.82, 2.24) is 4.57 Å². The van der Waals surface area contributed by atoms with Gasteiger partial charge in [0.15, 0.2) is 8.32 Å². The maximum atomic E-state index is 6.35. The van der Waals surface area contributed by atoms with Crippen LogP contribution in [0.3, 0.4) is 0 Å². The average molecular weight is 443 g/mol. The summed E-state index contributed by atoms with van der Waals surface area (Å²) in [6.07, 6.45) is 4.75. The van der Waals surface area contributed by atoms with Gasteiger partial charge in [0.25, 0.3) is 0 Å². The molecule has 1 aromatic heterocycles. The van der Waals surface area contributed by atoms with Gasteiger partial charge in [-0.25, -0.2) is 0 Å². The van der Waals surface area contributed by atoms with Gasteiger partial charge in [0.2, 0.25) is 0 Å². The van der Waals surface area contributed by atoms with E-state index in [1.54, 1.807) is 0 Å². The summed E-state index contributed by atoms with van der Waals surface area (Å²) in [6, 6.07) is 8.76. The first kappa shape index (κ1) is 19.0. The van der Waals surface area contributed by atoms with Crippen molar-refractivity contribution in [2.24, 2.45) is 0 Å². The summed E-state index contributed by atoms with van der Waals surface area (Å²) in [5.74, 6) is 0. The third-order valence-electron chi connectivity index (χ3n) is 5.05. The summed E-state index contributed by atoms with van der Waals surface area (Å²) < 4.78 is 9.95. The summed E-state index contributed by atoms with van der Waals surface area (Å²) in [5, 5.41) is 1.68. The van der Waals surface area contributed by atoms with Gasteiger partial charge in [0.05, 0.1) is 6.61 Å². The second-order valence-electron chi connectivity index (χ2n) is 7.77. The normalized spacial score (nSPS) is 13.0. The van der Waals surface area contributed by atoms with Gasteiger partial charge in [-0.15, -0.1) is 0 Å². The van der Waals surface area contributed by atoms with Gasteiger partial charge in [-0.3, -0.25) is 0 Å². The lowest BCUT2D eigenvalue weighted by Crippen LogP contribution is -2.41. The zero-order valence-electron chi connectivity index (χ0n) is 15.2. The lowest BCUT2D eigenvalue weighted by atomic mass is 10.1. The van der Waals surface area contributed by atoms with Gasteiger partial charge in [-0.2, -0.15) is 0 Å². The number of hydrogen-bond donors (Lipinski definition) is 0. The molecule has 0 N–H and O–H groups in total. The van der Waals surface area contributed by atoms with E-state index in [1.165, 1.54) is 33.7 Å². The third-order valence-corrected chi connectivity index (χ3v) is 10.4. The van der Waals surface area contributed by atoms with E-state index in [4.69, 9.17) is 4.43 Å². The number of alkyl halides is 1. The number of benzene rings is 1. The van der Waals surface area contributed by atoms with Crippen molar-refractivity contribution in [3.05, 3.63) is 36.0 Å². The van der Waals surface area contributed by atoms with Crippen LogP contribution < -0.4 is 0 Å². The highest BCUT2D eigenvalue weighted by atomic mass is 127. The Morgan fingerprint density at radius 2 is 1.87 bits per heavy atom. The van der Waals surface area contributed by atoms with Crippen molar-refractivity contribution in [3.8, 4) is 0 Å². The molecule has 2 nitrogen and oxygen atoms in total. The van der Waals surface area contributed by atoms with Crippen LogP contribution in [-0.4, -0.2) is 23.9 Å². The summed E-state index contributed by atoms with van der Waals surface area (Å²) in [4.78, 5) is 0. The van der Waals surface area contributed by atoms with Crippen LogP contribution in [0.1, 0.15) is 32.8 Å². The summed E-state index contributed by atoms with van der Waals surface area (Å²) in [5.41, 5.74) is 2.82. The summed E-state index contributed by atoms with van der Waals surface area (Å²) in [6.45, 7) is 13.3. The molecule has 0 atom stereocenters. The lowest BCUT2D eigenvalue weighted by molar-refractivity contribution is 0.273. The molecule has 0 saturated heterocycles. The van der Waals surface area contributed by atoms with E-state index in [0.29, 0.717) is 0 Å². The molecule has 2 rings (SSSR count). The van der Waals surface area contributed by atoms with Gasteiger partial charge >= 0.3 is 0 Å². The molecule has 1 aromatic carbocycles. The van der Waals surface area contributed by atoms with Crippen molar-refractivity contribution < 1.29 is 4.43 Å². The molecule has 0 aliphatic carbocycles. The van der Waals surface area contributed by atoms with Crippen LogP contribution in [0.4, 0.5) is 0 Å². The van der Waals surface area contributed by atoms with Gasteiger partial charge < -0.3 is 8.99 Å². The summed E-state index contributed by atoms with van der Waals surface area (Å²) in [7, 11) is -1.65. The Bertz CT molecular complexity index is 642. The van der Waals surface area contributed by atoms with Crippen molar-refractivity contribution in [3.63, 3.8) is 0 Å². The Kier molecular flexibility index (Phi) is 6.36. The van der Waals surface area contributed by atoms with Crippen LogP contribution >= 0.6 is 22.6 Å². The first-order valence-corrected chi connectivity index (χ1v) is 13.0. The molecule has 2 aromatic rings. The number of rotatable bonds is 7. The number of fused-ring (bicyclic) bond motifs is 1. The van der Waals surface area contributed by atoms with Crippen LogP contribution in [0.2, 0.25) is 18.1 Å². The molecule has 0 saturated carbocycles. The molecule has 0 amide bonds. The van der Waals surface area contributed by atoms with Crippen molar-refractivity contribution >= 4 is 41.8 Å². The first-order chi connectivity index (χ1) is 10.8. The van der Waals surface area contributed by atoms with E-state index in [1.807, 2.05) is 0 Å². The topological polar surface area (TPSA) is 14.2 Å². The maximum absolute atomic E-state index is 6.35. The van der Waals surface area contributed by atoms with E-state index in [9.17, 15) is 0 Å². The van der Waals surface area contributed by atoms with E-state index in [2.05, 4.69) is 91.5 Å². The molecule has 0 fully saturated rings. The van der Waals surface area contributed by atoms with Crippen LogP contribution in [-0.2, 0) is 17.4 Å². The highest BCUT2D eigenvalue weighted by molar-refractivity contribution is 14.1. The quantitative estimate of drug-likeness (QED) is 0.290. The van der Waals surface area contributed by atoms with Gasteiger partial charge in [-0.1, -0.05) is 61.6 Å². The lowest BCUT2D eigenvalue weighted by Gasteiger charge is -2.36. The second-order valence-corrected chi connectivity index (χ2v) is 13.7. The highest BCUT2D eigenvalue weighted by Gasteiger charge is 2.36. The fourth-order valence-electron chi connectivity index (χ4n) is 2.58. The Morgan fingerprint density at radius 3 is 2.52 bits per heavy atom. The van der Waals surface area contributed by atoms with E-state index < -0.39 is 8.32 Å². The van der Waals surface area contributed by atoms with E-state index in [-0.39, 0.29) is 5.04 Å². The van der Waals surface area contributed by atoms with Gasteiger partial charge in [0, 0.05) is 23.6 Å². The van der Waals surface area contributed by atoms with Gasteiger partial charge in [-0.05, 0) is 47.0 Å². The van der Waals surface area contributed by atoms with Crippen LogP contribution in [0.5, 0.6) is 0 Å². The molecule has 0 radical (unpaired) electrons. The predicted molar refractivity (Wildman–Crippen MR) is 112 cm³/mol. The Hall–Kier alpha value is -0.333. The number of halogens is 1. The van der Waals surface area contributed by atoms with Crippen molar-refractivity contribution in [2.75, 3.05) is 11.0 Å². The molecule has 1 heterocycles. The SMILES string of the molecule is CC(C)(C)[Si](C)(C)OCCn1cc(CCCI)c2ccccc21. The Balaban J connectivity index is 2.11. The monoisotopic (exact) mass is 443 g/mol. The molecular formula is C19H30INOSi. The third kappa shape index (κ3) is 4.60. The minimum atomic E-state index is -1.65. The minimum Gasteiger partial charge on any atom is -0.415 e. The maximum Gasteiger partial charge on any atom is 0.192 e. The number of aryl methyl sites for hydroxylation is 1. The number of nitrogens with zero attached hydrogens (tertiary/aromatic N) is 1. The smallest absolute Gasteiger partial charge is 0.192 e. The number of hydrogen-bond acceptors (Lipinski definition) is 1. The molecule has 23 heavy (non-hydrogen) atoms. The molecule has 0 unspecified atom stereocenters. The molecule has 128 valence electrons. The fraction of sp³-hybridized carbons (Fsp3) is 0.579. The van der Waals surface area contributed by atoms with Crippen LogP contribution in [0.25, 0.3) is 10.9 Å². The van der Waals surface area contributed by atoms with Crippen LogP contribution in [0, 0.1) is 0 Å². The Morgan fingerprint density at radius 1 is 1.17 bits per heavy atom. The molecule has 0 spiro atoms. The molecule has 0 aliphatic heterocycles. The highest BCUT2D eigenvalue weighted by Crippen LogP contribution is 2.36. The molecule has 0 aliphatic rings. The van der Waals surface area contributed by atoms with E-state index in [0.717, 1.165) is 13.2 Å². The first-order valence-electron chi connectivity index (χ1n) is 8.53. The largest absolute Gasteiger partial charge is 0.415 e. The zero-order valence-corrected chi connectivity index (χ0v) is 18.3. The Labute approximate surface area is 155 Å². The second kappa shape index (κ2) is 7.70. The van der Waals surface area contributed by atoms with Crippen molar-refractivity contribution in [1.29, 1.82) is 0 Å². The molecule has 0 bridgehead atoms. The predicted octanol–water partition coefficient (Wildman–Crippen LogP) is 6.03. The van der Waals surface area contributed by atoms with Crippen molar-refractivity contribution in [2.45, 2.75) is 58.3 Å². The van der Waals surface area contributed by atoms with Crippen LogP contribution in [0.15, 0.2) is 30.5 Å². The number of para-hydroxylation sites is 1. The van der Waals surface area contributed by atoms with E-state index >= 15 is 0 Å².